The molecule has 0 aliphatic carbocycles. The van der Waals surface area contributed by atoms with E-state index in [1.165, 1.54) is 13.2 Å². The van der Waals surface area contributed by atoms with Gasteiger partial charge in [0.25, 0.3) is 12.0 Å². The predicted molar refractivity (Wildman–Crippen MR) is 51.3 cm³/mol. The number of aromatic amines is 1. The van der Waals surface area contributed by atoms with Gasteiger partial charge in [-0.3, -0.25) is 4.79 Å². The Kier molecular flexibility index (Phi) is 3.23. The molecule has 72 valence electrons. The molecule has 0 aliphatic heterocycles. The lowest BCUT2D eigenvalue weighted by Gasteiger charge is -2.04. The molecule has 0 fully saturated rings. The Morgan fingerprint density at radius 1 is 1.62 bits per heavy atom. The molecular formula is C7H6F2INO2. The van der Waals surface area contributed by atoms with Gasteiger partial charge in [-0.25, -0.2) is 8.78 Å². The van der Waals surface area contributed by atoms with Crippen LogP contribution in [0, 0.1) is 3.57 Å². The molecule has 1 aromatic heterocycles. The molecule has 0 saturated carbocycles. The van der Waals surface area contributed by atoms with E-state index < -0.39 is 12.0 Å². The molecule has 0 atom stereocenters. The molecule has 0 spiro atoms. The lowest BCUT2D eigenvalue weighted by molar-refractivity contribution is 0.144. The molecule has 0 saturated heterocycles. The number of hydrogen-bond acceptors (Lipinski definition) is 2. The van der Waals surface area contributed by atoms with Crippen LogP contribution in [0.2, 0.25) is 0 Å². The number of rotatable bonds is 2. The fraction of sp³-hybridized carbons (Fsp3) is 0.286. The minimum Gasteiger partial charge on any atom is -0.491 e. The van der Waals surface area contributed by atoms with Crippen LogP contribution in [0.1, 0.15) is 12.1 Å². The second-order valence-electron chi connectivity index (χ2n) is 2.23. The maximum atomic E-state index is 12.2. The van der Waals surface area contributed by atoms with Gasteiger partial charge >= 0.3 is 0 Å². The molecule has 0 amide bonds. The average molecular weight is 301 g/mol. The van der Waals surface area contributed by atoms with Crippen molar-refractivity contribution in [1.82, 2.24) is 4.98 Å². The van der Waals surface area contributed by atoms with Gasteiger partial charge in [-0.05, 0) is 22.6 Å². The third-order valence-corrected chi connectivity index (χ3v) is 2.32. The Labute approximate surface area is 86.2 Å². The molecule has 1 N–H and O–H groups in total. The molecule has 1 heterocycles. The molecule has 0 unspecified atom stereocenters. The molecule has 13 heavy (non-hydrogen) atoms. The Bertz CT molecular complexity index is 364. The summed E-state index contributed by atoms with van der Waals surface area (Å²) in [6, 6.07) is 1.28. The lowest BCUT2D eigenvalue weighted by Crippen LogP contribution is -2.13. The molecule has 1 rings (SSSR count). The van der Waals surface area contributed by atoms with Gasteiger partial charge in [0, 0.05) is 9.64 Å². The van der Waals surface area contributed by atoms with Crippen molar-refractivity contribution >= 4 is 22.6 Å². The highest BCUT2D eigenvalue weighted by atomic mass is 127. The van der Waals surface area contributed by atoms with Crippen LogP contribution in [0.5, 0.6) is 5.75 Å². The third kappa shape index (κ3) is 2.17. The molecule has 0 bridgehead atoms. The number of halogens is 3. The Morgan fingerprint density at radius 2 is 2.23 bits per heavy atom. The van der Waals surface area contributed by atoms with E-state index in [2.05, 4.69) is 9.72 Å². The Morgan fingerprint density at radius 3 is 2.69 bits per heavy atom. The van der Waals surface area contributed by atoms with Crippen molar-refractivity contribution in [2.75, 3.05) is 7.11 Å². The van der Waals surface area contributed by atoms with Gasteiger partial charge in [0.15, 0.2) is 5.75 Å². The van der Waals surface area contributed by atoms with Crippen molar-refractivity contribution in [3.05, 3.63) is 25.7 Å². The smallest absolute Gasteiger partial charge is 0.290 e. The van der Waals surface area contributed by atoms with Crippen molar-refractivity contribution in [3.63, 3.8) is 0 Å². The number of ether oxygens (including phenoxy) is 1. The van der Waals surface area contributed by atoms with Crippen molar-refractivity contribution in [3.8, 4) is 5.75 Å². The van der Waals surface area contributed by atoms with Gasteiger partial charge in [0.1, 0.15) is 0 Å². The highest BCUT2D eigenvalue weighted by Gasteiger charge is 2.14. The first-order valence-electron chi connectivity index (χ1n) is 3.31. The van der Waals surface area contributed by atoms with Gasteiger partial charge in [0.2, 0.25) is 0 Å². The summed E-state index contributed by atoms with van der Waals surface area (Å²) < 4.78 is 29.4. The van der Waals surface area contributed by atoms with Crippen LogP contribution in [0.25, 0.3) is 0 Å². The van der Waals surface area contributed by atoms with Crippen LogP contribution >= 0.6 is 22.6 Å². The summed E-state index contributed by atoms with van der Waals surface area (Å²) >= 11 is 1.71. The zero-order chi connectivity index (χ0) is 10.0. The third-order valence-electron chi connectivity index (χ3n) is 1.43. The number of H-pyrrole nitrogens is 1. The van der Waals surface area contributed by atoms with E-state index in [9.17, 15) is 13.6 Å². The SMILES string of the molecule is COc1cc(I)c(C(F)F)[nH]c1=O. The number of alkyl halides is 2. The summed E-state index contributed by atoms with van der Waals surface area (Å²) in [6.45, 7) is 0. The van der Waals surface area contributed by atoms with Gasteiger partial charge in [0.05, 0.1) is 12.8 Å². The second kappa shape index (κ2) is 4.03. The number of hydrogen-bond donors (Lipinski definition) is 1. The van der Waals surface area contributed by atoms with Crippen molar-refractivity contribution in [1.29, 1.82) is 0 Å². The first-order chi connectivity index (χ1) is 6.06. The molecule has 1 aromatic rings. The standard InChI is InChI=1S/C7H6F2INO2/c1-13-4-2-3(10)5(6(8)9)11-7(4)12/h2,6H,1H3,(H,11,12). The van der Waals surface area contributed by atoms with Gasteiger partial charge in [-0.15, -0.1) is 0 Å². The molecule has 6 heteroatoms. The number of pyridine rings is 1. The topological polar surface area (TPSA) is 42.1 Å². The number of methoxy groups -OCH3 is 1. The fourth-order valence-electron chi connectivity index (χ4n) is 0.812. The maximum absolute atomic E-state index is 12.2. The van der Waals surface area contributed by atoms with Crippen LogP contribution in [0.4, 0.5) is 8.78 Å². The molecule has 0 radical (unpaired) electrons. The van der Waals surface area contributed by atoms with Crippen LogP contribution in [0.3, 0.4) is 0 Å². The maximum Gasteiger partial charge on any atom is 0.290 e. The summed E-state index contributed by atoms with van der Waals surface area (Å²) in [7, 11) is 1.31. The molecule has 3 nitrogen and oxygen atoms in total. The van der Waals surface area contributed by atoms with Crippen LogP contribution < -0.4 is 10.3 Å². The van der Waals surface area contributed by atoms with E-state index in [4.69, 9.17) is 0 Å². The van der Waals surface area contributed by atoms with Gasteiger partial charge in [-0.2, -0.15) is 0 Å². The zero-order valence-electron chi connectivity index (χ0n) is 6.61. The highest BCUT2D eigenvalue weighted by molar-refractivity contribution is 14.1. The van der Waals surface area contributed by atoms with Crippen molar-refractivity contribution in [2.45, 2.75) is 6.43 Å². The van der Waals surface area contributed by atoms with E-state index in [-0.39, 0.29) is 15.0 Å². The van der Waals surface area contributed by atoms with Crippen LogP contribution in [0.15, 0.2) is 10.9 Å². The van der Waals surface area contributed by atoms with E-state index in [1.807, 2.05) is 0 Å². The first kappa shape index (κ1) is 10.4. The summed E-state index contributed by atoms with van der Waals surface area (Å²) in [5.74, 6) is 0.0359. The number of nitrogens with one attached hydrogen (secondary N) is 1. The average Bonchev–Trinajstić information content (AvgIpc) is 2.07. The quantitative estimate of drug-likeness (QED) is 0.848. The summed E-state index contributed by atoms with van der Waals surface area (Å²) in [4.78, 5) is 13.1. The lowest BCUT2D eigenvalue weighted by atomic mass is 10.3. The molecule has 0 aliphatic rings. The van der Waals surface area contributed by atoms with E-state index >= 15 is 0 Å². The minimum absolute atomic E-state index is 0.0359. The van der Waals surface area contributed by atoms with E-state index in [0.717, 1.165) is 0 Å². The van der Waals surface area contributed by atoms with Gasteiger partial charge < -0.3 is 9.72 Å². The predicted octanol–water partition coefficient (Wildman–Crippen LogP) is 1.93. The minimum atomic E-state index is -2.68. The normalized spacial score (nSPS) is 10.5. The second-order valence-corrected chi connectivity index (χ2v) is 3.39. The van der Waals surface area contributed by atoms with Crippen molar-refractivity contribution < 1.29 is 13.5 Å². The summed E-state index contributed by atoms with van der Waals surface area (Å²) in [6.07, 6.45) is -2.68. The fourth-order valence-corrected chi connectivity index (χ4v) is 1.47. The Balaban J connectivity index is 3.29. The monoisotopic (exact) mass is 301 g/mol. The Hall–Kier alpha value is -0.660. The van der Waals surface area contributed by atoms with Gasteiger partial charge in [-0.1, -0.05) is 0 Å². The molecule has 0 aromatic carbocycles. The van der Waals surface area contributed by atoms with Crippen LogP contribution in [-0.4, -0.2) is 12.1 Å². The van der Waals surface area contributed by atoms with E-state index in [0.29, 0.717) is 0 Å². The first-order valence-corrected chi connectivity index (χ1v) is 4.39. The van der Waals surface area contributed by atoms with Crippen molar-refractivity contribution in [2.24, 2.45) is 0 Å². The largest absolute Gasteiger partial charge is 0.491 e. The highest BCUT2D eigenvalue weighted by Crippen LogP contribution is 2.22. The summed E-state index contributed by atoms with van der Waals surface area (Å²) in [5.41, 5.74) is -1.01. The van der Waals surface area contributed by atoms with Crippen LogP contribution in [-0.2, 0) is 0 Å². The summed E-state index contributed by atoms with van der Waals surface area (Å²) in [5, 5.41) is 0. The van der Waals surface area contributed by atoms with E-state index in [1.54, 1.807) is 22.6 Å². The molecular weight excluding hydrogens is 295 g/mol. The zero-order valence-corrected chi connectivity index (χ0v) is 8.76. The number of aromatic nitrogens is 1.